The summed E-state index contributed by atoms with van der Waals surface area (Å²) in [5.74, 6) is 0.313. The van der Waals surface area contributed by atoms with E-state index in [2.05, 4.69) is 13.8 Å². The van der Waals surface area contributed by atoms with Crippen LogP contribution in [0, 0.1) is 16.7 Å². The number of rotatable bonds is 2. The van der Waals surface area contributed by atoms with Gasteiger partial charge in [-0.05, 0) is 37.0 Å². The largest absolute Gasteiger partial charge is 0.389 e. The minimum atomic E-state index is -3.05. The van der Waals surface area contributed by atoms with Gasteiger partial charge in [0.15, 0.2) is 9.84 Å². The van der Waals surface area contributed by atoms with Gasteiger partial charge in [0.05, 0.1) is 17.1 Å². The van der Waals surface area contributed by atoms with E-state index in [1.54, 1.807) is 0 Å². The first kappa shape index (κ1) is 15.3. The van der Waals surface area contributed by atoms with Gasteiger partial charge in [-0.25, -0.2) is 8.42 Å². The minimum Gasteiger partial charge on any atom is -0.389 e. The van der Waals surface area contributed by atoms with Gasteiger partial charge in [-0.2, -0.15) is 0 Å². The fraction of sp³-hybridized carbons (Fsp3) is 1.00. The van der Waals surface area contributed by atoms with E-state index in [9.17, 15) is 13.5 Å². The van der Waals surface area contributed by atoms with Crippen molar-refractivity contribution in [3.63, 3.8) is 0 Å². The monoisotopic (exact) mass is 289 g/mol. The van der Waals surface area contributed by atoms with Crippen molar-refractivity contribution in [2.24, 2.45) is 22.5 Å². The molecule has 1 heterocycles. The van der Waals surface area contributed by atoms with Crippen LogP contribution in [0.4, 0.5) is 0 Å². The van der Waals surface area contributed by atoms with Crippen molar-refractivity contribution < 1.29 is 13.5 Å². The highest BCUT2D eigenvalue weighted by atomic mass is 32.2. The average Bonchev–Trinajstić information content (AvgIpc) is 2.61. The standard InChI is InChI=1S/C14H27NO3S/c1-11-8-12(2,3)4-5-14(11,16)13(9-15)6-7-19(17,18)10-13/h11,16H,4-10,15H2,1-3H3. The van der Waals surface area contributed by atoms with Crippen LogP contribution in [0.2, 0.25) is 0 Å². The van der Waals surface area contributed by atoms with Crippen molar-refractivity contribution in [3.8, 4) is 0 Å². The molecule has 1 aliphatic carbocycles. The molecule has 4 nitrogen and oxygen atoms in total. The van der Waals surface area contributed by atoms with E-state index in [0.29, 0.717) is 12.8 Å². The highest BCUT2D eigenvalue weighted by Crippen LogP contribution is 2.54. The predicted molar refractivity (Wildman–Crippen MR) is 76.5 cm³/mol. The third-order valence-corrected chi connectivity index (χ3v) is 7.37. The maximum absolute atomic E-state index is 11.9. The maximum atomic E-state index is 11.9. The Bertz CT molecular complexity index is 459. The SMILES string of the molecule is CC1CC(C)(C)CCC1(O)C1(CN)CCS(=O)(=O)C1. The van der Waals surface area contributed by atoms with E-state index in [0.717, 1.165) is 12.8 Å². The number of sulfone groups is 1. The van der Waals surface area contributed by atoms with Crippen LogP contribution >= 0.6 is 0 Å². The van der Waals surface area contributed by atoms with E-state index < -0.39 is 20.9 Å². The zero-order valence-electron chi connectivity index (χ0n) is 12.3. The van der Waals surface area contributed by atoms with Gasteiger partial charge in [-0.1, -0.05) is 20.8 Å². The Hall–Kier alpha value is -0.130. The third-order valence-electron chi connectivity index (χ3n) is 5.55. The van der Waals surface area contributed by atoms with Gasteiger partial charge in [-0.3, -0.25) is 0 Å². The van der Waals surface area contributed by atoms with Gasteiger partial charge in [0.25, 0.3) is 0 Å². The van der Waals surface area contributed by atoms with Gasteiger partial charge in [0.1, 0.15) is 0 Å². The summed E-state index contributed by atoms with van der Waals surface area (Å²) in [6, 6.07) is 0. The van der Waals surface area contributed by atoms with Crippen LogP contribution in [0.25, 0.3) is 0 Å². The van der Waals surface area contributed by atoms with Crippen LogP contribution < -0.4 is 5.73 Å². The Kier molecular flexibility index (Phi) is 3.56. The Morgan fingerprint density at radius 3 is 2.32 bits per heavy atom. The molecule has 0 radical (unpaired) electrons. The Morgan fingerprint density at radius 2 is 1.89 bits per heavy atom. The summed E-state index contributed by atoms with van der Waals surface area (Å²) in [6.07, 6.45) is 3.02. The molecule has 3 unspecified atom stereocenters. The molecule has 2 rings (SSSR count). The van der Waals surface area contributed by atoms with Gasteiger partial charge < -0.3 is 10.8 Å². The Balaban J connectivity index is 2.33. The lowest BCUT2D eigenvalue weighted by molar-refractivity contribution is -0.148. The number of hydrogen-bond donors (Lipinski definition) is 2. The molecule has 2 aliphatic rings. The average molecular weight is 289 g/mol. The summed E-state index contributed by atoms with van der Waals surface area (Å²) >= 11 is 0. The van der Waals surface area contributed by atoms with Crippen molar-refractivity contribution in [1.82, 2.24) is 0 Å². The Labute approximate surface area is 116 Å². The number of hydrogen-bond acceptors (Lipinski definition) is 4. The summed E-state index contributed by atoms with van der Waals surface area (Å²) < 4.78 is 23.7. The highest BCUT2D eigenvalue weighted by molar-refractivity contribution is 7.91. The first-order chi connectivity index (χ1) is 8.56. The summed E-state index contributed by atoms with van der Waals surface area (Å²) in [5, 5.41) is 11.2. The zero-order valence-corrected chi connectivity index (χ0v) is 13.1. The molecule has 0 spiro atoms. The molecule has 0 amide bonds. The second kappa shape index (κ2) is 4.43. The smallest absolute Gasteiger partial charge is 0.151 e. The van der Waals surface area contributed by atoms with Crippen molar-refractivity contribution in [2.75, 3.05) is 18.1 Å². The quantitative estimate of drug-likeness (QED) is 0.803. The molecular weight excluding hydrogens is 262 g/mol. The first-order valence-corrected chi connectivity index (χ1v) is 9.01. The van der Waals surface area contributed by atoms with Crippen LogP contribution in [0.15, 0.2) is 0 Å². The molecule has 3 atom stereocenters. The lowest BCUT2D eigenvalue weighted by Crippen LogP contribution is -2.60. The summed E-state index contributed by atoms with van der Waals surface area (Å²) in [4.78, 5) is 0. The molecule has 0 aromatic heterocycles. The second-order valence-electron chi connectivity index (χ2n) is 7.52. The minimum absolute atomic E-state index is 0.0533. The molecule has 0 bridgehead atoms. The van der Waals surface area contributed by atoms with Crippen molar-refractivity contribution in [1.29, 1.82) is 0 Å². The molecule has 112 valence electrons. The van der Waals surface area contributed by atoms with Crippen LogP contribution in [0.3, 0.4) is 0 Å². The van der Waals surface area contributed by atoms with Crippen LogP contribution in [-0.2, 0) is 9.84 Å². The summed E-state index contributed by atoms with van der Waals surface area (Å²) in [7, 11) is -3.05. The number of aliphatic hydroxyl groups is 1. The zero-order chi connectivity index (χ0) is 14.5. The molecule has 3 N–H and O–H groups in total. The van der Waals surface area contributed by atoms with Crippen molar-refractivity contribution in [2.45, 2.75) is 52.1 Å². The molecule has 0 aromatic rings. The first-order valence-electron chi connectivity index (χ1n) is 7.19. The van der Waals surface area contributed by atoms with Crippen molar-refractivity contribution >= 4 is 9.84 Å². The molecule has 0 aromatic carbocycles. The van der Waals surface area contributed by atoms with Crippen LogP contribution in [-0.4, -0.2) is 37.2 Å². The van der Waals surface area contributed by atoms with Crippen LogP contribution in [0.1, 0.15) is 46.5 Å². The summed E-state index contributed by atoms with van der Waals surface area (Å²) in [5.41, 5.74) is 4.57. The van der Waals surface area contributed by atoms with Gasteiger partial charge in [-0.15, -0.1) is 0 Å². The molecule has 5 heteroatoms. The lowest BCUT2D eigenvalue weighted by Gasteiger charge is -2.53. The molecule has 1 saturated heterocycles. The van der Waals surface area contributed by atoms with Gasteiger partial charge in [0.2, 0.25) is 0 Å². The van der Waals surface area contributed by atoms with Crippen molar-refractivity contribution in [3.05, 3.63) is 0 Å². The third kappa shape index (κ3) is 2.45. The van der Waals surface area contributed by atoms with E-state index in [1.807, 2.05) is 6.92 Å². The van der Waals surface area contributed by atoms with E-state index in [-0.39, 0.29) is 29.4 Å². The lowest BCUT2D eigenvalue weighted by atomic mass is 9.56. The van der Waals surface area contributed by atoms with Gasteiger partial charge >= 0.3 is 0 Å². The van der Waals surface area contributed by atoms with Gasteiger partial charge in [0, 0.05) is 12.0 Å². The van der Waals surface area contributed by atoms with Crippen LogP contribution in [0.5, 0.6) is 0 Å². The number of nitrogens with two attached hydrogens (primary N) is 1. The topological polar surface area (TPSA) is 80.4 Å². The molecular formula is C14H27NO3S. The maximum Gasteiger partial charge on any atom is 0.151 e. The molecule has 1 saturated carbocycles. The fourth-order valence-electron chi connectivity index (χ4n) is 4.26. The molecule has 19 heavy (non-hydrogen) atoms. The molecule has 2 fully saturated rings. The Morgan fingerprint density at radius 1 is 1.26 bits per heavy atom. The fourth-order valence-corrected chi connectivity index (χ4v) is 6.46. The predicted octanol–water partition coefficient (Wildman–Crippen LogP) is 1.33. The summed E-state index contributed by atoms with van der Waals surface area (Å²) in [6.45, 7) is 6.73. The normalized spacial score (nSPS) is 45.2. The second-order valence-corrected chi connectivity index (χ2v) is 9.70. The van der Waals surface area contributed by atoms with E-state index >= 15 is 0 Å². The molecule has 1 aliphatic heterocycles. The van der Waals surface area contributed by atoms with E-state index in [4.69, 9.17) is 5.73 Å². The van der Waals surface area contributed by atoms with E-state index in [1.165, 1.54) is 0 Å². The highest BCUT2D eigenvalue weighted by Gasteiger charge is 2.59.